The van der Waals surface area contributed by atoms with Gasteiger partial charge in [-0.1, -0.05) is 30.1 Å². The summed E-state index contributed by atoms with van der Waals surface area (Å²) in [6.45, 7) is 2.06. The van der Waals surface area contributed by atoms with Crippen molar-refractivity contribution in [2.75, 3.05) is 10.6 Å². The number of amides is 1. The molecule has 0 spiro atoms. The van der Waals surface area contributed by atoms with Crippen LogP contribution < -0.4 is 10.6 Å². The van der Waals surface area contributed by atoms with Gasteiger partial charge in [-0.15, -0.1) is 0 Å². The van der Waals surface area contributed by atoms with E-state index in [1.54, 1.807) is 17.0 Å². The highest BCUT2D eigenvalue weighted by atomic mass is 35.5. The second kappa shape index (κ2) is 4.75. The number of hydrogen-bond donors (Lipinski definition) is 1. The first-order chi connectivity index (χ1) is 8.04. The van der Waals surface area contributed by atoms with Crippen molar-refractivity contribution >= 4 is 40.5 Å². The molecule has 17 heavy (non-hydrogen) atoms. The van der Waals surface area contributed by atoms with E-state index >= 15 is 0 Å². The van der Waals surface area contributed by atoms with Crippen LogP contribution in [0.1, 0.15) is 26.2 Å². The Morgan fingerprint density at radius 3 is 2.76 bits per heavy atom. The van der Waals surface area contributed by atoms with Crippen LogP contribution in [-0.2, 0) is 4.79 Å². The summed E-state index contributed by atoms with van der Waals surface area (Å²) in [5.74, 6) is 0.0977. The van der Waals surface area contributed by atoms with Gasteiger partial charge >= 0.3 is 0 Å². The van der Waals surface area contributed by atoms with Crippen molar-refractivity contribution in [1.29, 1.82) is 0 Å². The Hall–Kier alpha value is -0.930. The molecule has 1 aromatic rings. The minimum absolute atomic E-state index is 0.0977. The maximum absolute atomic E-state index is 11.9. The SMILES string of the molecule is CCC1CCC(=O)N1c1cc(N)c(Cl)cc1Cl. The number of nitrogen functional groups attached to an aromatic ring is 1. The van der Waals surface area contributed by atoms with E-state index in [9.17, 15) is 4.79 Å². The molecule has 1 aromatic carbocycles. The molecule has 0 radical (unpaired) electrons. The summed E-state index contributed by atoms with van der Waals surface area (Å²) in [6.07, 6.45) is 2.34. The van der Waals surface area contributed by atoms with Gasteiger partial charge in [0.05, 0.1) is 21.4 Å². The summed E-state index contributed by atoms with van der Waals surface area (Å²) in [5.41, 5.74) is 6.88. The predicted molar refractivity (Wildman–Crippen MR) is 71.7 cm³/mol. The molecule has 1 atom stereocenters. The monoisotopic (exact) mass is 272 g/mol. The molecule has 0 saturated carbocycles. The molecule has 1 amide bonds. The number of rotatable bonds is 2. The molecule has 0 aromatic heterocycles. The molecule has 1 aliphatic rings. The lowest BCUT2D eigenvalue weighted by molar-refractivity contribution is -0.117. The van der Waals surface area contributed by atoms with Gasteiger partial charge in [0.15, 0.2) is 0 Å². The molecule has 1 fully saturated rings. The van der Waals surface area contributed by atoms with Crippen molar-refractivity contribution < 1.29 is 4.79 Å². The number of nitrogens with zero attached hydrogens (tertiary/aromatic N) is 1. The second-order valence-corrected chi connectivity index (χ2v) is 5.00. The van der Waals surface area contributed by atoms with Crippen molar-refractivity contribution in [3.8, 4) is 0 Å². The van der Waals surface area contributed by atoms with Gasteiger partial charge < -0.3 is 10.6 Å². The lowest BCUT2D eigenvalue weighted by atomic mass is 10.1. The third kappa shape index (κ3) is 2.22. The molecule has 2 N–H and O–H groups in total. The number of hydrogen-bond acceptors (Lipinski definition) is 2. The van der Waals surface area contributed by atoms with Gasteiger partial charge in [-0.05, 0) is 25.0 Å². The summed E-state index contributed by atoms with van der Waals surface area (Å²) in [4.78, 5) is 13.6. The number of benzene rings is 1. The van der Waals surface area contributed by atoms with Crippen LogP contribution in [0.5, 0.6) is 0 Å². The Kier molecular flexibility index (Phi) is 3.50. The Bertz CT molecular complexity index is 462. The van der Waals surface area contributed by atoms with Crippen LogP contribution in [0.3, 0.4) is 0 Å². The third-order valence-corrected chi connectivity index (χ3v) is 3.75. The average molecular weight is 273 g/mol. The number of nitrogens with two attached hydrogens (primary N) is 1. The van der Waals surface area contributed by atoms with Crippen molar-refractivity contribution in [3.63, 3.8) is 0 Å². The van der Waals surface area contributed by atoms with E-state index in [4.69, 9.17) is 28.9 Å². The van der Waals surface area contributed by atoms with Crippen molar-refractivity contribution in [2.45, 2.75) is 32.2 Å². The van der Waals surface area contributed by atoms with Gasteiger partial charge in [0, 0.05) is 12.5 Å². The Morgan fingerprint density at radius 2 is 2.12 bits per heavy atom. The number of anilines is 2. The zero-order valence-corrected chi connectivity index (χ0v) is 11.1. The molecule has 1 saturated heterocycles. The highest BCUT2D eigenvalue weighted by Crippen LogP contribution is 2.37. The van der Waals surface area contributed by atoms with Crippen molar-refractivity contribution in [1.82, 2.24) is 0 Å². The van der Waals surface area contributed by atoms with Crippen molar-refractivity contribution in [2.24, 2.45) is 0 Å². The van der Waals surface area contributed by atoms with Gasteiger partial charge in [-0.25, -0.2) is 0 Å². The average Bonchev–Trinajstić information content (AvgIpc) is 2.65. The fraction of sp³-hybridized carbons (Fsp3) is 0.417. The lowest BCUT2D eigenvalue weighted by Crippen LogP contribution is -2.32. The van der Waals surface area contributed by atoms with E-state index in [-0.39, 0.29) is 11.9 Å². The Morgan fingerprint density at radius 1 is 1.41 bits per heavy atom. The quantitative estimate of drug-likeness (QED) is 0.838. The molecule has 0 bridgehead atoms. The predicted octanol–water partition coefficient (Wildman–Crippen LogP) is 3.48. The van der Waals surface area contributed by atoms with Crippen LogP contribution >= 0.6 is 23.2 Å². The first-order valence-electron chi connectivity index (χ1n) is 5.61. The molecule has 3 nitrogen and oxygen atoms in total. The molecular formula is C12H14Cl2N2O. The van der Waals surface area contributed by atoms with E-state index < -0.39 is 0 Å². The smallest absolute Gasteiger partial charge is 0.227 e. The van der Waals surface area contributed by atoms with E-state index in [0.29, 0.717) is 27.8 Å². The summed E-state index contributed by atoms with van der Waals surface area (Å²) in [5, 5.41) is 0.886. The number of halogens is 2. The highest BCUT2D eigenvalue weighted by Gasteiger charge is 2.32. The fourth-order valence-corrected chi connectivity index (χ4v) is 2.67. The Labute approximate surface area is 110 Å². The normalized spacial score (nSPS) is 20.1. The standard InChI is InChI=1S/C12H14Cl2N2O/c1-2-7-3-4-12(17)16(7)11-6-10(15)8(13)5-9(11)14/h5-7H,2-4,15H2,1H3. The summed E-state index contributed by atoms with van der Waals surface area (Å²) in [6, 6.07) is 3.48. The second-order valence-electron chi connectivity index (χ2n) is 4.19. The highest BCUT2D eigenvalue weighted by molar-refractivity contribution is 6.38. The molecule has 92 valence electrons. The first-order valence-corrected chi connectivity index (χ1v) is 6.36. The summed E-state index contributed by atoms with van der Waals surface area (Å²) >= 11 is 12.0. The van der Waals surface area contributed by atoms with E-state index in [2.05, 4.69) is 6.92 Å². The lowest BCUT2D eigenvalue weighted by Gasteiger charge is -2.25. The van der Waals surface area contributed by atoms with Crippen LogP contribution in [-0.4, -0.2) is 11.9 Å². The van der Waals surface area contributed by atoms with Crippen LogP contribution in [0.15, 0.2) is 12.1 Å². The largest absolute Gasteiger partial charge is 0.397 e. The maximum Gasteiger partial charge on any atom is 0.227 e. The van der Waals surface area contributed by atoms with Gasteiger partial charge in [-0.3, -0.25) is 4.79 Å². The molecule has 1 unspecified atom stereocenters. The minimum atomic E-state index is 0.0977. The topological polar surface area (TPSA) is 46.3 Å². The molecule has 5 heteroatoms. The third-order valence-electron chi connectivity index (χ3n) is 3.12. The first kappa shape index (κ1) is 12.5. The fourth-order valence-electron chi connectivity index (χ4n) is 2.20. The molecular weight excluding hydrogens is 259 g/mol. The van der Waals surface area contributed by atoms with Crippen LogP contribution in [0, 0.1) is 0 Å². The molecule has 1 aliphatic heterocycles. The summed E-state index contributed by atoms with van der Waals surface area (Å²) in [7, 11) is 0. The van der Waals surface area contributed by atoms with Gasteiger partial charge in [-0.2, -0.15) is 0 Å². The Balaban J connectivity index is 2.45. The summed E-state index contributed by atoms with van der Waals surface area (Å²) < 4.78 is 0. The van der Waals surface area contributed by atoms with Crippen molar-refractivity contribution in [3.05, 3.63) is 22.2 Å². The van der Waals surface area contributed by atoms with Gasteiger partial charge in [0.1, 0.15) is 0 Å². The number of carbonyl (C=O) groups is 1. The molecule has 1 heterocycles. The van der Waals surface area contributed by atoms with Gasteiger partial charge in [0.25, 0.3) is 0 Å². The minimum Gasteiger partial charge on any atom is -0.397 e. The number of carbonyl (C=O) groups excluding carboxylic acids is 1. The molecule has 0 aliphatic carbocycles. The zero-order valence-electron chi connectivity index (χ0n) is 9.54. The van der Waals surface area contributed by atoms with Crippen LogP contribution in [0.4, 0.5) is 11.4 Å². The van der Waals surface area contributed by atoms with Crippen LogP contribution in [0.2, 0.25) is 10.0 Å². The zero-order chi connectivity index (χ0) is 12.6. The maximum atomic E-state index is 11.9. The van der Waals surface area contributed by atoms with E-state index in [1.807, 2.05) is 0 Å². The van der Waals surface area contributed by atoms with E-state index in [0.717, 1.165) is 12.8 Å². The van der Waals surface area contributed by atoms with Gasteiger partial charge in [0.2, 0.25) is 5.91 Å². The van der Waals surface area contributed by atoms with Crippen LogP contribution in [0.25, 0.3) is 0 Å². The molecule has 2 rings (SSSR count). The van der Waals surface area contributed by atoms with E-state index in [1.165, 1.54) is 0 Å².